The maximum absolute atomic E-state index is 6.14. The zero-order valence-corrected chi connectivity index (χ0v) is 20.3. The van der Waals surface area contributed by atoms with Crippen LogP contribution >= 0.6 is 0 Å². The van der Waals surface area contributed by atoms with E-state index in [4.69, 9.17) is 18.9 Å². The smallest absolute Gasteiger partial charge is 0.169 e. The van der Waals surface area contributed by atoms with Gasteiger partial charge in [0, 0.05) is 18.8 Å². The molecule has 0 N–H and O–H groups in total. The predicted molar refractivity (Wildman–Crippen MR) is 128 cm³/mol. The van der Waals surface area contributed by atoms with Gasteiger partial charge in [0.05, 0.1) is 26.4 Å². The summed E-state index contributed by atoms with van der Waals surface area (Å²) >= 11 is 0. The van der Waals surface area contributed by atoms with Gasteiger partial charge in [-0.25, -0.2) is 0 Å². The first-order valence-corrected chi connectivity index (χ1v) is 13.2. The molecule has 0 bridgehead atoms. The fourth-order valence-electron chi connectivity index (χ4n) is 8.48. The molecule has 3 saturated carbocycles. The summed E-state index contributed by atoms with van der Waals surface area (Å²) in [6, 6.07) is 0. The first-order valence-electron chi connectivity index (χ1n) is 13.2. The molecule has 4 aliphatic carbocycles. The minimum atomic E-state index is -0.361. The molecule has 6 atom stereocenters. The van der Waals surface area contributed by atoms with Gasteiger partial charge in [0.15, 0.2) is 11.6 Å². The standard InChI is InChI=1S/C24H36O4.C3H8.CH4/c1-22-9-7-18-17-8-10-24(27-13-14-28-24)15-16(17)3-4-19(18)20(22)5-6-21(22)23(2)25-11-12-26-23;1-3-2;/h7,16-17,19-21H,3-6,8-15H2,1-2H3;3H2,1-2H3;1H4. The van der Waals surface area contributed by atoms with E-state index in [2.05, 4.69) is 33.8 Å². The molecule has 4 nitrogen and oxygen atoms in total. The number of hydrogen-bond acceptors (Lipinski definition) is 4. The summed E-state index contributed by atoms with van der Waals surface area (Å²) in [5, 5.41) is 0. The van der Waals surface area contributed by atoms with Crippen LogP contribution < -0.4 is 0 Å². The molecule has 2 heterocycles. The molecule has 0 amide bonds. The topological polar surface area (TPSA) is 36.9 Å². The van der Waals surface area contributed by atoms with E-state index in [1.54, 1.807) is 0 Å². The molecule has 4 heteroatoms. The summed E-state index contributed by atoms with van der Waals surface area (Å²) in [5.41, 5.74) is 2.14. The van der Waals surface area contributed by atoms with Gasteiger partial charge in [-0.3, -0.25) is 0 Å². The molecule has 2 aliphatic heterocycles. The van der Waals surface area contributed by atoms with Crippen molar-refractivity contribution in [3.05, 3.63) is 11.6 Å². The Morgan fingerprint density at radius 1 is 0.844 bits per heavy atom. The van der Waals surface area contributed by atoms with Gasteiger partial charge in [-0.15, -0.1) is 0 Å². The molecule has 6 aliphatic rings. The van der Waals surface area contributed by atoms with Crippen molar-refractivity contribution >= 4 is 0 Å². The van der Waals surface area contributed by atoms with Crippen molar-refractivity contribution in [3.63, 3.8) is 0 Å². The van der Waals surface area contributed by atoms with Crippen molar-refractivity contribution < 1.29 is 18.9 Å². The third-order valence-electron chi connectivity index (χ3n) is 9.66. The van der Waals surface area contributed by atoms with E-state index in [0.717, 1.165) is 62.9 Å². The maximum Gasteiger partial charge on any atom is 0.169 e. The van der Waals surface area contributed by atoms with Crippen LogP contribution in [0.4, 0.5) is 0 Å². The van der Waals surface area contributed by atoms with Crippen LogP contribution in [0.3, 0.4) is 0 Å². The van der Waals surface area contributed by atoms with E-state index < -0.39 is 0 Å². The lowest BCUT2D eigenvalue weighted by Gasteiger charge is -2.54. The van der Waals surface area contributed by atoms with E-state index in [1.165, 1.54) is 44.9 Å². The molecule has 0 aromatic rings. The van der Waals surface area contributed by atoms with Gasteiger partial charge in [-0.1, -0.05) is 46.3 Å². The second kappa shape index (κ2) is 9.32. The van der Waals surface area contributed by atoms with Crippen LogP contribution in [0.5, 0.6) is 0 Å². The summed E-state index contributed by atoms with van der Waals surface area (Å²) < 4.78 is 24.4. The number of fused-ring (bicyclic) bond motifs is 5. The van der Waals surface area contributed by atoms with Gasteiger partial charge >= 0.3 is 0 Å². The zero-order valence-electron chi connectivity index (χ0n) is 20.3. The van der Waals surface area contributed by atoms with E-state index in [1.807, 2.05) is 5.57 Å². The first-order chi connectivity index (χ1) is 14.9. The number of hydrogen-bond donors (Lipinski definition) is 0. The van der Waals surface area contributed by atoms with Crippen molar-refractivity contribution in [1.29, 1.82) is 0 Å². The Bertz CT molecular complexity index is 675. The first kappa shape index (κ1) is 24.7. The van der Waals surface area contributed by atoms with Gasteiger partial charge < -0.3 is 18.9 Å². The van der Waals surface area contributed by atoms with Gasteiger partial charge in [-0.05, 0) is 74.5 Å². The number of rotatable bonds is 1. The fraction of sp³-hybridized carbons (Fsp3) is 0.929. The molecule has 0 radical (unpaired) electrons. The van der Waals surface area contributed by atoms with E-state index in [-0.39, 0.29) is 19.0 Å². The molecule has 5 fully saturated rings. The van der Waals surface area contributed by atoms with Crippen LogP contribution in [0.25, 0.3) is 0 Å². The highest BCUT2D eigenvalue weighted by molar-refractivity contribution is 5.25. The highest BCUT2D eigenvalue weighted by Gasteiger charge is 2.60. The Morgan fingerprint density at radius 2 is 1.50 bits per heavy atom. The summed E-state index contributed by atoms with van der Waals surface area (Å²) in [4.78, 5) is 0. The molecule has 0 aromatic heterocycles. The van der Waals surface area contributed by atoms with Crippen LogP contribution in [0.15, 0.2) is 11.6 Å². The van der Waals surface area contributed by atoms with Crippen molar-refractivity contribution in [1.82, 2.24) is 0 Å². The van der Waals surface area contributed by atoms with E-state index in [9.17, 15) is 0 Å². The quantitative estimate of drug-likeness (QED) is 0.417. The summed E-state index contributed by atoms with van der Waals surface area (Å²) in [5.74, 6) is 3.05. The number of allylic oxidation sites excluding steroid dienone is 2. The SMILES string of the molecule is C.CC1(C2CCC3C4CCC5CC6(CCC5C4=CCC32C)OCCO6)OCCO1.CCC. The second-order valence-electron chi connectivity index (χ2n) is 11.5. The Morgan fingerprint density at radius 3 is 2.19 bits per heavy atom. The van der Waals surface area contributed by atoms with Crippen molar-refractivity contribution in [3.8, 4) is 0 Å². The Balaban J connectivity index is 0.000000582. The van der Waals surface area contributed by atoms with E-state index >= 15 is 0 Å². The third-order valence-corrected chi connectivity index (χ3v) is 9.66. The number of ether oxygens (including phenoxy) is 4. The lowest BCUT2D eigenvalue weighted by molar-refractivity contribution is -0.209. The molecule has 6 rings (SSSR count). The fourth-order valence-corrected chi connectivity index (χ4v) is 8.48. The average molecular weight is 449 g/mol. The predicted octanol–water partition coefficient (Wildman–Crippen LogP) is 6.73. The Hall–Kier alpha value is -0.420. The largest absolute Gasteiger partial charge is 0.348 e. The van der Waals surface area contributed by atoms with Crippen LogP contribution in [-0.2, 0) is 18.9 Å². The minimum Gasteiger partial charge on any atom is -0.348 e. The zero-order chi connectivity index (χ0) is 21.7. The molecule has 2 saturated heterocycles. The van der Waals surface area contributed by atoms with Crippen LogP contribution in [-0.4, -0.2) is 38.0 Å². The molecule has 32 heavy (non-hydrogen) atoms. The molecule has 0 aromatic carbocycles. The second-order valence-corrected chi connectivity index (χ2v) is 11.5. The Labute approximate surface area is 196 Å². The molecule has 1 spiro atoms. The molecular formula is C28H48O4. The van der Waals surface area contributed by atoms with Gasteiger partial charge in [0.2, 0.25) is 0 Å². The normalized spacial score (nSPS) is 43.2. The molecule has 184 valence electrons. The average Bonchev–Trinajstić information content (AvgIpc) is 3.47. The lowest BCUT2D eigenvalue weighted by Crippen LogP contribution is -2.50. The summed E-state index contributed by atoms with van der Waals surface area (Å²) in [6.45, 7) is 12.1. The highest BCUT2D eigenvalue weighted by atomic mass is 16.7. The monoisotopic (exact) mass is 448 g/mol. The van der Waals surface area contributed by atoms with Crippen molar-refractivity contribution in [2.75, 3.05) is 26.4 Å². The summed E-state index contributed by atoms with van der Waals surface area (Å²) in [7, 11) is 0. The third kappa shape index (κ3) is 3.91. The van der Waals surface area contributed by atoms with Gasteiger partial charge in [0.25, 0.3) is 0 Å². The van der Waals surface area contributed by atoms with Crippen LogP contribution in [0, 0.1) is 35.0 Å². The van der Waals surface area contributed by atoms with Crippen LogP contribution in [0.1, 0.15) is 92.9 Å². The van der Waals surface area contributed by atoms with Gasteiger partial charge in [-0.2, -0.15) is 0 Å². The van der Waals surface area contributed by atoms with E-state index in [0.29, 0.717) is 11.3 Å². The molecular weight excluding hydrogens is 400 g/mol. The van der Waals surface area contributed by atoms with Crippen molar-refractivity contribution in [2.45, 2.75) is 104 Å². The Kier molecular flexibility index (Phi) is 7.19. The van der Waals surface area contributed by atoms with Gasteiger partial charge in [0.1, 0.15) is 0 Å². The maximum atomic E-state index is 6.14. The summed E-state index contributed by atoms with van der Waals surface area (Å²) in [6.07, 6.45) is 13.9. The highest BCUT2D eigenvalue weighted by Crippen LogP contribution is 2.65. The lowest BCUT2D eigenvalue weighted by atomic mass is 9.53. The molecule has 6 unspecified atom stereocenters. The van der Waals surface area contributed by atoms with Crippen LogP contribution in [0.2, 0.25) is 0 Å². The minimum absolute atomic E-state index is 0. The van der Waals surface area contributed by atoms with Crippen molar-refractivity contribution in [2.24, 2.45) is 35.0 Å².